The maximum absolute atomic E-state index is 13.0. The average Bonchev–Trinajstić information content (AvgIpc) is 2.93. The molecule has 1 amide bonds. The molecule has 0 aliphatic carbocycles. The van der Waals surface area contributed by atoms with Gasteiger partial charge in [-0.25, -0.2) is 0 Å². The molecule has 1 N–H and O–H groups in total. The Morgan fingerprint density at radius 2 is 2.14 bits per heavy atom. The van der Waals surface area contributed by atoms with Gasteiger partial charge in [0.15, 0.2) is 0 Å². The Balaban J connectivity index is 2.02. The summed E-state index contributed by atoms with van der Waals surface area (Å²) in [5.41, 5.74) is 3.94. The minimum Gasteiger partial charge on any atom is -0.396 e. The van der Waals surface area contributed by atoms with Crippen LogP contribution in [0.25, 0.3) is 0 Å². The van der Waals surface area contributed by atoms with Crippen LogP contribution in [0.15, 0.2) is 30.3 Å². The number of aryl methyl sites for hydroxylation is 2. The third-order valence-corrected chi connectivity index (χ3v) is 4.09. The third kappa shape index (κ3) is 2.37. The molecule has 114 valence electrons. The highest BCUT2D eigenvalue weighted by Crippen LogP contribution is 2.36. The second-order valence-electron chi connectivity index (χ2n) is 5.55. The maximum Gasteiger partial charge on any atom is 0.260 e. The first-order valence-corrected chi connectivity index (χ1v) is 7.50. The van der Waals surface area contributed by atoms with Crippen LogP contribution >= 0.6 is 0 Å². The van der Waals surface area contributed by atoms with Crippen LogP contribution in [0.5, 0.6) is 0 Å². The molecule has 2 heterocycles. The van der Waals surface area contributed by atoms with Crippen LogP contribution in [0, 0.1) is 6.92 Å². The van der Waals surface area contributed by atoms with Crippen molar-refractivity contribution in [1.29, 1.82) is 0 Å². The molecule has 0 bridgehead atoms. The molecule has 0 spiro atoms. The van der Waals surface area contributed by atoms with Gasteiger partial charge in [-0.3, -0.25) is 4.79 Å². The van der Waals surface area contributed by atoms with Gasteiger partial charge in [0.05, 0.1) is 23.6 Å². The number of anilines is 1. The van der Waals surface area contributed by atoms with E-state index in [1.165, 1.54) is 0 Å². The number of nitrogens with zero attached hydrogens (tertiary/aromatic N) is 3. The Morgan fingerprint density at radius 1 is 1.36 bits per heavy atom. The van der Waals surface area contributed by atoms with Crippen molar-refractivity contribution in [3.05, 3.63) is 52.8 Å². The molecule has 0 fully saturated rings. The summed E-state index contributed by atoms with van der Waals surface area (Å²) in [6.07, 6.45) is 0.660. The number of amides is 1. The Labute approximate surface area is 129 Å². The summed E-state index contributed by atoms with van der Waals surface area (Å²) in [6, 6.07) is 9.54. The Morgan fingerprint density at radius 3 is 2.86 bits per heavy atom. The minimum absolute atomic E-state index is 0.0267. The predicted octanol–water partition coefficient (Wildman–Crippen LogP) is 2.08. The second-order valence-corrected chi connectivity index (χ2v) is 5.55. The number of hydrogen-bond donors (Lipinski definition) is 1. The highest BCUT2D eigenvalue weighted by molar-refractivity contribution is 6.08. The predicted molar refractivity (Wildman–Crippen MR) is 84.1 cm³/mol. The fourth-order valence-electron chi connectivity index (χ4n) is 2.95. The van der Waals surface area contributed by atoms with Crippen LogP contribution in [0.4, 0.5) is 5.69 Å². The van der Waals surface area contributed by atoms with Gasteiger partial charge in [-0.15, -0.1) is 0 Å². The number of rotatable bonds is 3. The van der Waals surface area contributed by atoms with E-state index in [1.54, 1.807) is 11.0 Å². The summed E-state index contributed by atoms with van der Waals surface area (Å²) in [5.74, 6) is -0.0978. The number of carbonyl (C=O) groups is 1. The van der Waals surface area contributed by atoms with Crippen LogP contribution < -0.4 is 4.90 Å². The Bertz CT molecular complexity index is 715. The largest absolute Gasteiger partial charge is 0.396 e. The fraction of sp³-hybridized carbons (Fsp3) is 0.353. The first-order valence-electron chi connectivity index (χ1n) is 7.50. The summed E-state index contributed by atoms with van der Waals surface area (Å²) in [4.78, 5) is 14.7. The van der Waals surface area contributed by atoms with Gasteiger partial charge >= 0.3 is 0 Å². The average molecular weight is 297 g/mol. The first-order chi connectivity index (χ1) is 10.7. The Hall–Kier alpha value is -2.27. The number of para-hydroxylation sites is 1. The number of aliphatic hydroxyl groups is 1. The normalized spacial score (nSPS) is 16.7. The molecule has 1 atom stereocenters. The van der Waals surface area contributed by atoms with E-state index in [9.17, 15) is 9.90 Å². The van der Waals surface area contributed by atoms with E-state index >= 15 is 0 Å². The second kappa shape index (κ2) is 5.85. The quantitative estimate of drug-likeness (QED) is 0.942. The van der Waals surface area contributed by atoms with E-state index in [1.807, 2.05) is 38.1 Å². The maximum atomic E-state index is 13.0. The van der Waals surface area contributed by atoms with Crippen molar-refractivity contribution >= 4 is 11.6 Å². The van der Waals surface area contributed by atoms with E-state index in [2.05, 4.69) is 10.2 Å². The zero-order valence-electron chi connectivity index (χ0n) is 12.8. The number of carbonyl (C=O) groups excluding carboxylic acids is 1. The third-order valence-electron chi connectivity index (χ3n) is 4.09. The molecule has 1 aliphatic rings. The number of fused-ring (bicyclic) bond motifs is 1. The summed E-state index contributed by atoms with van der Waals surface area (Å²) in [6.45, 7) is 4.33. The highest BCUT2D eigenvalue weighted by Gasteiger charge is 2.33. The molecule has 1 aromatic heterocycles. The van der Waals surface area contributed by atoms with Gasteiger partial charge in [0.1, 0.15) is 0 Å². The molecule has 5 heteroatoms. The number of benzene rings is 1. The van der Waals surface area contributed by atoms with Crippen LogP contribution in [0.2, 0.25) is 0 Å². The van der Waals surface area contributed by atoms with Crippen molar-refractivity contribution in [1.82, 2.24) is 10.2 Å². The monoisotopic (exact) mass is 297 g/mol. The van der Waals surface area contributed by atoms with Crippen LogP contribution in [0.1, 0.15) is 40.2 Å². The molecule has 1 aliphatic heterocycles. The lowest BCUT2D eigenvalue weighted by molar-refractivity contribution is 0.0985. The van der Waals surface area contributed by atoms with Gasteiger partial charge in [0.2, 0.25) is 0 Å². The van der Waals surface area contributed by atoms with Gasteiger partial charge in [-0.05, 0) is 31.0 Å². The van der Waals surface area contributed by atoms with Crippen molar-refractivity contribution < 1.29 is 9.90 Å². The minimum atomic E-state index is -0.0711. The standard InChI is InChI=1S/C17H19N3O2/c1-3-15-14(8-11(2)18-19-15)17(22)20-9-12(10-21)13-6-4-5-7-16(13)20/h4-8,12,21H,3,9-10H2,1-2H3. The van der Waals surface area contributed by atoms with Crippen molar-refractivity contribution in [2.45, 2.75) is 26.2 Å². The van der Waals surface area contributed by atoms with E-state index in [0.717, 1.165) is 16.9 Å². The zero-order valence-corrected chi connectivity index (χ0v) is 12.8. The number of aromatic nitrogens is 2. The molecule has 0 saturated carbocycles. The summed E-state index contributed by atoms with van der Waals surface area (Å²) in [7, 11) is 0. The van der Waals surface area contributed by atoms with E-state index in [4.69, 9.17) is 0 Å². The van der Waals surface area contributed by atoms with Gasteiger partial charge in [0, 0.05) is 18.2 Å². The van der Waals surface area contributed by atoms with Gasteiger partial charge in [-0.1, -0.05) is 25.1 Å². The van der Waals surface area contributed by atoms with E-state index < -0.39 is 0 Å². The first kappa shape index (κ1) is 14.7. The van der Waals surface area contributed by atoms with Crippen LogP contribution in [-0.4, -0.2) is 34.4 Å². The molecule has 5 nitrogen and oxygen atoms in total. The summed E-state index contributed by atoms with van der Waals surface area (Å²) in [5, 5.41) is 17.7. The van der Waals surface area contributed by atoms with Gasteiger partial charge in [0.25, 0.3) is 5.91 Å². The number of hydrogen-bond acceptors (Lipinski definition) is 4. The van der Waals surface area contributed by atoms with Crippen LogP contribution in [0.3, 0.4) is 0 Å². The van der Waals surface area contributed by atoms with Gasteiger partial charge < -0.3 is 10.0 Å². The lowest BCUT2D eigenvalue weighted by atomic mass is 10.0. The van der Waals surface area contributed by atoms with Crippen LogP contribution in [-0.2, 0) is 6.42 Å². The lowest BCUT2D eigenvalue weighted by Crippen LogP contribution is -2.31. The SMILES string of the molecule is CCc1nnc(C)cc1C(=O)N1CC(CO)c2ccccc21. The van der Waals surface area contributed by atoms with E-state index in [0.29, 0.717) is 24.2 Å². The Kier molecular flexibility index (Phi) is 3.90. The smallest absolute Gasteiger partial charge is 0.260 e. The lowest BCUT2D eigenvalue weighted by Gasteiger charge is -2.19. The van der Waals surface area contributed by atoms with Gasteiger partial charge in [-0.2, -0.15) is 10.2 Å². The van der Waals surface area contributed by atoms with Crippen molar-refractivity contribution in [3.63, 3.8) is 0 Å². The molecule has 0 radical (unpaired) electrons. The number of aliphatic hydroxyl groups excluding tert-OH is 1. The highest BCUT2D eigenvalue weighted by atomic mass is 16.3. The topological polar surface area (TPSA) is 66.3 Å². The summed E-state index contributed by atoms with van der Waals surface area (Å²) < 4.78 is 0. The molecule has 3 rings (SSSR count). The van der Waals surface area contributed by atoms with Crippen molar-refractivity contribution in [2.24, 2.45) is 0 Å². The molecular formula is C17H19N3O2. The molecule has 1 unspecified atom stereocenters. The van der Waals surface area contributed by atoms with E-state index in [-0.39, 0.29) is 18.4 Å². The molecule has 0 saturated heterocycles. The molecule has 1 aromatic carbocycles. The zero-order chi connectivity index (χ0) is 15.7. The fourth-order valence-corrected chi connectivity index (χ4v) is 2.95. The van der Waals surface area contributed by atoms with Crippen molar-refractivity contribution in [2.75, 3.05) is 18.1 Å². The molecule has 22 heavy (non-hydrogen) atoms. The molecule has 2 aromatic rings. The van der Waals surface area contributed by atoms with Crippen molar-refractivity contribution in [3.8, 4) is 0 Å². The summed E-state index contributed by atoms with van der Waals surface area (Å²) >= 11 is 0. The molecular weight excluding hydrogens is 278 g/mol.